The van der Waals surface area contributed by atoms with Crippen LogP contribution in [-0.4, -0.2) is 9.67 Å². The van der Waals surface area contributed by atoms with Crippen LogP contribution in [0, 0.1) is 5.82 Å². The minimum atomic E-state index is -0.404. The molecule has 0 aliphatic heterocycles. The number of halogens is 1. The predicted octanol–water partition coefficient (Wildman–Crippen LogP) is 1.47. The van der Waals surface area contributed by atoms with E-state index in [9.17, 15) is 9.18 Å². The summed E-state index contributed by atoms with van der Waals surface area (Å²) in [5.74, 6) is -0.404. The molecule has 0 aliphatic rings. The molecule has 2 aromatic rings. The van der Waals surface area contributed by atoms with Crippen molar-refractivity contribution in [3.8, 4) is 5.69 Å². The second kappa shape index (κ2) is 4.28. The topological polar surface area (TPSA) is 42.2 Å². The Labute approximate surface area is 91.4 Å². The molecular weight excluding hydrogens is 209 g/mol. The Balaban J connectivity index is 2.59. The molecule has 0 saturated heterocycles. The number of nitrogens with zero attached hydrogens (tertiary/aromatic N) is 1. The third kappa shape index (κ3) is 2.01. The molecule has 0 radical (unpaired) electrons. The van der Waals surface area contributed by atoms with Gasteiger partial charge in [0.25, 0.3) is 5.56 Å². The maximum Gasteiger partial charge on any atom is 0.255 e. The Bertz CT molecular complexity index is 563. The van der Waals surface area contributed by atoms with Crippen molar-refractivity contribution >= 4 is 0 Å². The fraction of sp³-hybridized carbons (Fsp3) is 0.0833. The minimum Gasteiger partial charge on any atom is -0.392 e. The van der Waals surface area contributed by atoms with Crippen LogP contribution in [0.3, 0.4) is 0 Å². The van der Waals surface area contributed by atoms with E-state index in [1.165, 1.54) is 41.1 Å². The maximum atomic E-state index is 13.0. The number of aliphatic hydroxyl groups is 1. The summed E-state index contributed by atoms with van der Waals surface area (Å²) in [6, 6.07) is 8.62. The molecule has 0 saturated carbocycles. The first-order valence-corrected chi connectivity index (χ1v) is 4.79. The van der Waals surface area contributed by atoms with E-state index in [0.717, 1.165) is 0 Å². The van der Waals surface area contributed by atoms with Gasteiger partial charge < -0.3 is 5.11 Å². The predicted molar refractivity (Wildman–Crippen MR) is 57.9 cm³/mol. The van der Waals surface area contributed by atoms with Gasteiger partial charge in [0.1, 0.15) is 5.82 Å². The summed E-state index contributed by atoms with van der Waals surface area (Å²) in [5, 5.41) is 8.96. The van der Waals surface area contributed by atoms with Crippen molar-refractivity contribution in [1.82, 2.24) is 4.57 Å². The van der Waals surface area contributed by atoms with E-state index in [-0.39, 0.29) is 12.2 Å². The van der Waals surface area contributed by atoms with Gasteiger partial charge in [-0.2, -0.15) is 0 Å². The van der Waals surface area contributed by atoms with Gasteiger partial charge in [0, 0.05) is 12.3 Å². The lowest BCUT2D eigenvalue weighted by Crippen LogP contribution is -2.17. The second-order valence-corrected chi connectivity index (χ2v) is 3.38. The van der Waals surface area contributed by atoms with E-state index < -0.39 is 5.82 Å². The van der Waals surface area contributed by atoms with Gasteiger partial charge >= 0.3 is 0 Å². The van der Waals surface area contributed by atoms with Crippen LogP contribution in [0.2, 0.25) is 0 Å². The Morgan fingerprint density at radius 3 is 2.75 bits per heavy atom. The van der Waals surface area contributed by atoms with E-state index in [4.69, 9.17) is 5.11 Å². The number of hydrogen-bond acceptors (Lipinski definition) is 2. The molecule has 0 fully saturated rings. The van der Waals surface area contributed by atoms with E-state index in [1.54, 1.807) is 6.07 Å². The number of hydrogen-bond donors (Lipinski definition) is 1. The number of rotatable bonds is 2. The SMILES string of the molecule is O=c1ccc(CO)cn1-c1cccc(F)c1. The number of aliphatic hydroxyl groups excluding tert-OH is 1. The zero-order valence-electron chi connectivity index (χ0n) is 8.43. The summed E-state index contributed by atoms with van der Waals surface area (Å²) in [6.45, 7) is -0.157. The highest BCUT2D eigenvalue weighted by Gasteiger charge is 2.01. The van der Waals surface area contributed by atoms with Gasteiger partial charge in [-0.3, -0.25) is 9.36 Å². The van der Waals surface area contributed by atoms with Crippen molar-refractivity contribution < 1.29 is 9.50 Å². The van der Waals surface area contributed by atoms with Crippen molar-refractivity contribution in [3.05, 3.63) is 64.3 Å². The third-order valence-corrected chi connectivity index (χ3v) is 2.24. The third-order valence-electron chi connectivity index (χ3n) is 2.24. The minimum absolute atomic E-state index is 0.157. The first kappa shape index (κ1) is 10.6. The van der Waals surface area contributed by atoms with Crippen molar-refractivity contribution in [2.24, 2.45) is 0 Å². The molecule has 0 spiro atoms. The van der Waals surface area contributed by atoms with Gasteiger partial charge in [0.2, 0.25) is 0 Å². The van der Waals surface area contributed by atoms with Gasteiger partial charge in [-0.15, -0.1) is 0 Å². The Kier molecular flexibility index (Phi) is 2.83. The summed E-state index contributed by atoms with van der Waals surface area (Å²) in [4.78, 5) is 11.6. The monoisotopic (exact) mass is 219 g/mol. The van der Waals surface area contributed by atoms with Gasteiger partial charge in [0.15, 0.2) is 0 Å². The zero-order chi connectivity index (χ0) is 11.5. The molecular formula is C12H10FNO2. The zero-order valence-corrected chi connectivity index (χ0v) is 8.43. The van der Waals surface area contributed by atoms with Gasteiger partial charge in [-0.25, -0.2) is 4.39 Å². The van der Waals surface area contributed by atoms with Crippen molar-refractivity contribution in [3.63, 3.8) is 0 Å². The van der Waals surface area contributed by atoms with Crippen LogP contribution in [0.4, 0.5) is 4.39 Å². The van der Waals surface area contributed by atoms with Crippen LogP contribution < -0.4 is 5.56 Å². The van der Waals surface area contributed by atoms with Crippen molar-refractivity contribution in [1.29, 1.82) is 0 Å². The number of aromatic nitrogens is 1. The summed E-state index contributed by atoms with van der Waals surface area (Å²) in [5.41, 5.74) is 0.784. The van der Waals surface area contributed by atoms with Crippen LogP contribution in [0.1, 0.15) is 5.56 Å². The highest BCUT2D eigenvalue weighted by Crippen LogP contribution is 2.08. The highest BCUT2D eigenvalue weighted by atomic mass is 19.1. The van der Waals surface area contributed by atoms with Gasteiger partial charge in [-0.1, -0.05) is 6.07 Å². The van der Waals surface area contributed by atoms with Crippen LogP contribution in [0.5, 0.6) is 0 Å². The van der Waals surface area contributed by atoms with E-state index >= 15 is 0 Å². The summed E-state index contributed by atoms with van der Waals surface area (Å²) in [7, 11) is 0. The molecule has 2 rings (SSSR count). The molecule has 1 aromatic heterocycles. The van der Waals surface area contributed by atoms with E-state index in [1.807, 2.05) is 0 Å². The van der Waals surface area contributed by atoms with Crippen molar-refractivity contribution in [2.75, 3.05) is 0 Å². The number of benzene rings is 1. The van der Waals surface area contributed by atoms with Crippen LogP contribution in [0.25, 0.3) is 5.69 Å². The fourth-order valence-electron chi connectivity index (χ4n) is 1.45. The summed E-state index contributed by atoms with van der Waals surface area (Å²) >= 11 is 0. The lowest BCUT2D eigenvalue weighted by molar-refractivity contribution is 0.281. The standard InChI is InChI=1S/C12H10FNO2/c13-10-2-1-3-11(6-10)14-7-9(8-15)4-5-12(14)16/h1-7,15H,8H2. The smallest absolute Gasteiger partial charge is 0.255 e. The first-order valence-electron chi connectivity index (χ1n) is 4.79. The van der Waals surface area contributed by atoms with E-state index in [0.29, 0.717) is 11.3 Å². The molecule has 0 unspecified atom stereocenters. The molecule has 0 bridgehead atoms. The van der Waals surface area contributed by atoms with Crippen LogP contribution in [0.15, 0.2) is 47.4 Å². The highest BCUT2D eigenvalue weighted by molar-refractivity contribution is 5.33. The Morgan fingerprint density at radius 2 is 2.06 bits per heavy atom. The Morgan fingerprint density at radius 1 is 1.25 bits per heavy atom. The molecule has 0 atom stereocenters. The normalized spacial score (nSPS) is 10.4. The molecule has 3 nitrogen and oxygen atoms in total. The van der Waals surface area contributed by atoms with Crippen LogP contribution >= 0.6 is 0 Å². The Hall–Kier alpha value is -1.94. The lowest BCUT2D eigenvalue weighted by Gasteiger charge is -2.06. The second-order valence-electron chi connectivity index (χ2n) is 3.38. The van der Waals surface area contributed by atoms with Gasteiger partial charge in [-0.05, 0) is 29.8 Å². The number of pyridine rings is 1. The average Bonchev–Trinajstić information content (AvgIpc) is 2.30. The average molecular weight is 219 g/mol. The summed E-state index contributed by atoms with van der Waals surface area (Å²) < 4.78 is 14.3. The molecule has 4 heteroatoms. The molecule has 1 N–H and O–H groups in total. The largest absolute Gasteiger partial charge is 0.392 e. The molecule has 16 heavy (non-hydrogen) atoms. The fourth-order valence-corrected chi connectivity index (χ4v) is 1.45. The first-order chi connectivity index (χ1) is 7.70. The summed E-state index contributed by atoms with van der Waals surface area (Å²) in [6.07, 6.45) is 1.50. The quantitative estimate of drug-likeness (QED) is 0.831. The molecule has 1 aromatic carbocycles. The molecule has 82 valence electrons. The lowest BCUT2D eigenvalue weighted by atomic mass is 10.2. The molecule has 0 amide bonds. The molecule has 0 aliphatic carbocycles. The van der Waals surface area contributed by atoms with E-state index in [2.05, 4.69) is 0 Å². The van der Waals surface area contributed by atoms with Crippen molar-refractivity contribution in [2.45, 2.75) is 6.61 Å². The van der Waals surface area contributed by atoms with Gasteiger partial charge in [0.05, 0.1) is 12.3 Å². The maximum absolute atomic E-state index is 13.0. The van der Waals surface area contributed by atoms with Crippen LogP contribution in [-0.2, 0) is 6.61 Å². The molecule has 1 heterocycles.